The number of carbonyl (C=O) groups excluding carboxylic acids is 2. The van der Waals surface area contributed by atoms with Crippen LogP contribution in [0.15, 0.2) is 41.0 Å². The molecular weight excluding hydrogens is 327 g/mol. The van der Waals surface area contributed by atoms with Crippen LogP contribution in [0.4, 0.5) is 0 Å². The van der Waals surface area contributed by atoms with Gasteiger partial charge in [0.25, 0.3) is 5.91 Å². The highest BCUT2D eigenvalue weighted by atomic mass is 35.5. The molecule has 0 aliphatic rings. The summed E-state index contributed by atoms with van der Waals surface area (Å²) in [6.45, 7) is 1.64. The van der Waals surface area contributed by atoms with Gasteiger partial charge in [0.05, 0.1) is 28.9 Å². The summed E-state index contributed by atoms with van der Waals surface area (Å²) in [5.41, 5.74) is 0.335. The minimum absolute atomic E-state index is 0.149. The van der Waals surface area contributed by atoms with Crippen LogP contribution in [0.5, 0.6) is 0 Å². The zero-order valence-electron chi connectivity index (χ0n) is 11.7. The Hall–Kier alpha value is -1.98. The molecule has 1 aromatic carbocycles. The van der Waals surface area contributed by atoms with E-state index in [1.807, 2.05) is 0 Å². The van der Waals surface area contributed by atoms with Crippen LogP contribution < -0.4 is 10.6 Å². The van der Waals surface area contributed by atoms with E-state index in [1.54, 1.807) is 19.1 Å². The van der Waals surface area contributed by atoms with Gasteiger partial charge >= 0.3 is 0 Å². The number of amides is 2. The third kappa shape index (κ3) is 4.26. The normalized spacial score (nSPS) is 11.8. The lowest BCUT2D eigenvalue weighted by Crippen LogP contribution is -2.37. The molecule has 0 aliphatic carbocycles. The second kappa shape index (κ2) is 7.33. The first-order chi connectivity index (χ1) is 10.5. The fourth-order valence-electron chi connectivity index (χ4n) is 1.80. The van der Waals surface area contributed by atoms with Crippen molar-refractivity contribution < 1.29 is 14.0 Å². The molecule has 2 amide bonds. The van der Waals surface area contributed by atoms with Gasteiger partial charge in [0.1, 0.15) is 5.76 Å². The Morgan fingerprint density at radius 1 is 1.23 bits per heavy atom. The van der Waals surface area contributed by atoms with E-state index in [0.29, 0.717) is 16.3 Å². The van der Waals surface area contributed by atoms with Gasteiger partial charge in [-0.2, -0.15) is 0 Å². The van der Waals surface area contributed by atoms with Crippen LogP contribution in [0.3, 0.4) is 0 Å². The molecular formula is C15H14Cl2N2O3. The fourth-order valence-corrected chi connectivity index (χ4v) is 2.10. The molecule has 0 unspecified atom stereocenters. The number of hydrogen-bond acceptors (Lipinski definition) is 3. The molecule has 1 heterocycles. The summed E-state index contributed by atoms with van der Waals surface area (Å²) in [5, 5.41) is 5.87. The summed E-state index contributed by atoms with van der Waals surface area (Å²) in [4.78, 5) is 23.7. The second-order valence-corrected chi connectivity index (χ2v) is 5.43. The van der Waals surface area contributed by atoms with Gasteiger partial charge in [-0.1, -0.05) is 23.2 Å². The highest BCUT2D eigenvalue weighted by Gasteiger charge is 2.13. The molecule has 0 fully saturated rings. The van der Waals surface area contributed by atoms with Crippen LogP contribution in [-0.2, 0) is 4.79 Å². The fraction of sp³-hybridized carbons (Fsp3) is 0.200. The Morgan fingerprint density at radius 3 is 2.64 bits per heavy atom. The predicted molar refractivity (Wildman–Crippen MR) is 84.1 cm³/mol. The first-order valence-corrected chi connectivity index (χ1v) is 7.29. The third-order valence-electron chi connectivity index (χ3n) is 2.94. The molecule has 22 heavy (non-hydrogen) atoms. The minimum Gasteiger partial charge on any atom is -0.467 e. The van der Waals surface area contributed by atoms with Crippen LogP contribution in [-0.4, -0.2) is 18.4 Å². The molecule has 0 spiro atoms. The Morgan fingerprint density at radius 2 is 2.00 bits per heavy atom. The van der Waals surface area contributed by atoms with E-state index in [1.165, 1.54) is 24.5 Å². The Balaban J connectivity index is 1.85. The molecule has 0 radical (unpaired) electrons. The minimum atomic E-state index is -0.403. The van der Waals surface area contributed by atoms with Crippen LogP contribution >= 0.6 is 23.2 Å². The van der Waals surface area contributed by atoms with Gasteiger partial charge in [-0.25, -0.2) is 0 Å². The number of hydrogen-bond donors (Lipinski definition) is 2. The number of nitrogens with one attached hydrogen (secondary N) is 2. The predicted octanol–water partition coefficient (Wildman–Crippen LogP) is 3.19. The Bertz CT molecular complexity index is 671. The number of halogens is 2. The summed E-state index contributed by atoms with van der Waals surface area (Å²) < 4.78 is 5.19. The van der Waals surface area contributed by atoms with Gasteiger partial charge < -0.3 is 15.1 Å². The van der Waals surface area contributed by atoms with E-state index in [-0.39, 0.29) is 23.5 Å². The highest BCUT2D eigenvalue weighted by molar-refractivity contribution is 6.42. The lowest BCUT2D eigenvalue weighted by Gasteiger charge is -2.12. The summed E-state index contributed by atoms with van der Waals surface area (Å²) in [6.07, 6.45) is 1.53. The number of furan rings is 1. The molecule has 0 aliphatic heterocycles. The van der Waals surface area contributed by atoms with Gasteiger partial charge in [-0.3, -0.25) is 9.59 Å². The smallest absolute Gasteiger partial charge is 0.251 e. The second-order valence-electron chi connectivity index (χ2n) is 4.62. The quantitative estimate of drug-likeness (QED) is 0.877. The Labute approximate surface area is 137 Å². The maximum absolute atomic E-state index is 11.9. The molecule has 1 atom stereocenters. The van der Waals surface area contributed by atoms with Crippen molar-refractivity contribution in [2.24, 2.45) is 0 Å². The van der Waals surface area contributed by atoms with E-state index in [0.717, 1.165) is 0 Å². The average Bonchev–Trinajstić information content (AvgIpc) is 3.02. The van der Waals surface area contributed by atoms with Crippen LogP contribution in [0.1, 0.15) is 29.1 Å². The van der Waals surface area contributed by atoms with Crippen molar-refractivity contribution in [2.45, 2.75) is 13.0 Å². The lowest BCUT2D eigenvalue weighted by atomic mass is 10.2. The average molecular weight is 341 g/mol. The number of rotatable bonds is 5. The molecule has 7 heteroatoms. The summed E-state index contributed by atoms with van der Waals surface area (Å²) in [7, 11) is 0. The zero-order valence-corrected chi connectivity index (χ0v) is 13.2. The van der Waals surface area contributed by atoms with Gasteiger partial charge in [0, 0.05) is 5.56 Å². The highest BCUT2D eigenvalue weighted by Crippen LogP contribution is 2.22. The first-order valence-electron chi connectivity index (χ1n) is 6.53. The maximum Gasteiger partial charge on any atom is 0.251 e. The molecule has 0 bridgehead atoms. The van der Waals surface area contributed by atoms with E-state index >= 15 is 0 Å². The molecule has 5 nitrogen and oxygen atoms in total. The molecule has 0 saturated heterocycles. The van der Waals surface area contributed by atoms with Gasteiger partial charge in [0.2, 0.25) is 5.91 Å². The summed E-state index contributed by atoms with van der Waals surface area (Å²) in [5.74, 6) is -0.0826. The van der Waals surface area contributed by atoms with E-state index in [9.17, 15) is 9.59 Å². The number of carbonyl (C=O) groups is 2. The van der Waals surface area contributed by atoms with Crippen molar-refractivity contribution in [1.29, 1.82) is 0 Å². The van der Waals surface area contributed by atoms with Crippen molar-refractivity contribution in [3.8, 4) is 0 Å². The summed E-state index contributed by atoms with van der Waals surface area (Å²) in [6, 6.07) is 7.74. The first kappa shape index (κ1) is 16.4. The number of benzene rings is 1. The van der Waals surface area contributed by atoms with Gasteiger partial charge in [-0.15, -0.1) is 0 Å². The van der Waals surface area contributed by atoms with E-state index in [2.05, 4.69) is 10.6 Å². The largest absolute Gasteiger partial charge is 0.467 e. The SMILES string of the molecule is C[C@@H](NC(=O)CNC(=O)c1ccc(Cl)c(Cl)c1)c1ccco1. The lowest BCUT2D eigenvalue weighted by molar-refractivity contribution is -0.120. The van der Waals surface area contributed by atoms with Crippen LogP contribution in [0, 0.1) is 0 Å². The van der Waals surface area contributed by atoms with Crippen LogP contribution in [0.25, 0.3) is 0 Å². The Kier molecular flexibility index (Phi) is 5.46. The summed E-state index contributed by atoms with van der Waals surface area (Å²) >= 11 is 11.6. The standard InChI is InChI=1S/C15H14Cl2N2O3/c1-9(13-3-2-6-22-13)19-14(20)8-18-15(21)10-4-5-11(16)12(17)7-10/h2-7,9H,8H2,1H3,(H,18,21)(H,19,20)/t9-/m1/s1. The zero-order chi connectivity index (χ0) is 16.1. The van der Waals surface area contributed by atoms with Crippen molar-refractivity contribution >= 4 is 35.0 Å². The molecule has 2 rings (SSSR count). The topological polar surface area (TPSA) is 71.3 Å². The molecule has 2 aromatic rings. The van der Waals surface area contributed by atoms with Gasteiger partial charge in [-0.05, 0) is 37.3 Å². The van der Waals surface area contributed by atoms with E-state index in [4.69, 9.17) is 27.6 Å². The van der Waals surface area contributed by atoms with Crippen molar-refractivity contribution in [2.75, 3.05) is 6.54 Å². The van der Waals surface area contributed by atoms with Crippen molar-refractivity contribution in [1.82, 2.24) is 10.6 Å². The van der Waals surface area contributed by atoms with Crippen molar-refractivity contribution in [3.63, 3.8) is 0 Å². The third-order valence-corrected chi connectivity index (χ3v) is 3.68. The molecule has 0 saturated carbocycles. The monoisotopic (exact) mass is 340 g/mol. The molecule has 1 aromatic heterocycles. The molecule has 2 N–H and O–H groups in total. The van der Waals surface area contributed by atoms with Crippen LogP contribution in [0.2, 0.25) is 10.0 Å². The van der Waals surface area contributed by atoms with Crippen molar-refractivity contribution in [3.05, 3.63) is 58.0 Å². The maximum atomic E-state index is 11.9. The molecule has 116 valence electrons. The van der Waals surface area contributed by atoms with Gasteiger partial charge in [0.15, 0.2) is 0 Å². The van der Waals surface area contributed by atoms with E-state index < -0.39 is 5.91 Å².